The first-order valence-electron chi connectivity index (χ1n) is 10.4. The number of pyridine rings is 1. The number of cyclic esters (lactones) is 1. The number of carbonyl (C=O) groups excluding carboxylic acids is 2. The Labute approximate surface area is 179 Å². The first kappa shape index (κ1) is 19.6. The van der Waals surface area contributed by atoms with E-state index in [1.807, 2.05) is 30.6 Å². The standard InChI is InChI=1S/C21H23N7O3/c1-15-17(13-31-19(15)29)27-11-7-21(20(27)30)5-9-26(10-6-21)8-4-16-2-3-18(22-12-16)28-14-23-24-25-28/h2-3,7,11-12,14H,4-6,8-10,13H2,1H3. The lowest BCUT2D eigenvalue weighted by Crippen LogP contribution is -2.45. The molecule has 1 saturated heterocycles. The van der Waals surface area contributed by atoms with Gasteiger partial charge in [-0.05, 0) is 61.3 Å². The average molecular weight is 421 g/mol. The third-order valence-corrected chi connectivity index (χ3v) is 6.42. The highest BCUT2D eigenvalue weighted by molar-refractivity contribution is 5.95. The molecule has 5 heterocycles. The number of hydrogen-bond acceptors (Lipinski definition) is 8. The number of carbonyl (C=O) groups is 2. The van der Waals surface area contributed by atoms with E-state index in [9.17, 15) is 9.59 Å². The van der Waals surface area contributed by atoms with Crippen LogP contribution in [0, 0.1) is 5.41 Å². The van der Waals surface area contributed by atoms with Crippen LogP contribution in [-0.2, 0) is 20.7 Å². The molecule has 0 aliphatic carbocycles. The predicted molar refractivity (Wildman–Crippen MR) is 108 cm³/mol. The second kappa shape index (κ2) is 7.69. The maximum atomic E-state index is 13.2. The molecule has 2 aromatic rings. The first-order chi connectivity index (χ1) is 15.1. The van der Waals surface area contributed by atoms with E-state index in [4.69, 9.17) is 4.74 Å². The van der Waals surface area contributed by atoms with Gasteiger partial charge in [0.05, 0.1) is 16.7 Å². The lowest BCUT2D eigenvalue weighted by molar-refractivity contribution is -0.138. The van der Waals surface area contributed by atoms with Crippen LogP contribution in [0.5, 0.6) is 0 Å². The average Bonchev–Trinajstić information content (AvgIpc) is 3.51. The van der Waals surface area contributed by atoms with E-state index >= 15 is 0 Å². The summed E-state index contributed by atoms with van der Waals surface area (Å²) in [5, 5.41) is 11.1. The van der Waals surface area contributed by atoms with Crippen molar-refractivity contribution in [2.75, 3.05) is 26.2 Å². The lowest BCUT2D eigenvalue weighted by atomic mass is 9.78. The number of rotatable bonds is 5. The van der Waals surface area contributed by atoms with Crippen molar-refractivity contribution >= 4 is 11.9 Å². The highest BCUT2D eigenvalue weighted by Crippen LogP contribution is 2.41. The summed E-state index contributed by atoms with van der Waals surface area (Å²) in [4.78, 5) is 33.2. The van der Waals surface area contributed by atoms with Gasteiger partial charge in [0.25, 0.3) is 0 Å². The molecule has 1 spiro atoms. The predicted octanol–water partition coefficient (Wildman–Crippen LogP) is 0.869. The molecule has 0 saturated carbocycles. The van der Waals surface area contributed by atoms with Crippen LogP contribution in [0.2, 0.25) is 0 Å². The molecule has 5 rings (SSSR count). The van der Waals surface area contributed by atoms with Crippen LogP contribution in [0.4, 0.5) is 0 Å². The molecule has 2 aromatic heterocycles. The zero-order chi connectivity index (χ0) is 21.4. The number of hydrogen-bond donors (Lipinski definition) is 0. The fraction of sp³-hybridized carbons (Fsp3) is 0.429. The number of aromatic nitrogens is 5. The third-order valence-electron chi connectivity index (χ3n) is 6.42. The molecule has 160 valence electrons. The van der Waals surface area contributed by atoms with E-state index in [1.165, 1.54) is 11.0 Å². The minimum Gasteiger partial charge on any atom is -0.456 e. The van der Waals surface area contributed by atoms with Gasteiger partial charge >= 0.3 is 5.97 Å². The Hall–Kier alpha value is -3.40. The van der Waals surface area contributed by atoms with Crippen molar-refractivity contribution < 1.29 is 14.3 Å². The van der Waals surface area contributed by atoms with Crippen LogP contribution >= 0.6 is 0 Å². The van der Waals surface area contributed by atoms with E-state index in [1.54, 1.807) is 11.8 Å². The molecule has 1 fully saturated rings. The molecule has 31 heavy (non-hydrogen) atoms. The molecule has 3 aliphatic heterocycles. The number of piperidine rings is 1. The molecule has 10 heteroatoms. The summed E-state index contributed by atoms with van der Waals surface area (Å²) in [5.74, 6) is 0.402. The zero-order valence-corrected chi connectivity index (χ0v) is 17.3. The monoisotopic (exact) mass is 421 g/mol. The Morgan fingerprint density at radius 1 is 1.19 bits per heavy atom. The van der Waals surface area contributed by atoms with E-state index in [2.05, 4.69) is 25.4 Å². The van der Waals surface area contributed by atoms with Crippen molar-refractivity contribution in [3.8, 4) is 5.82 Å². The van der Waals surface area contributed by atoms with Crippen LogP contribution in [0.3, 0.4) is 0 Å². The second-order valence-electron chi connectivity index (χ2n) is 8.17. The van der Waals surface area contributed by atoms with E-state index in [0.717, 1.165) is 44.5 Å². The molecule has 1 amide bonds. The highest BCUT2D eigenvalue weighted by Gasteiger charge is 2.46. The van der Waals surface area contributed by atoms with Crippen molar-refractivity contribution in [2.45, 2.75) is 26.2 Å². The molecule has 0 unspecified atom stereocenters. The molecule has 3 aliphatic rings. The second-order valence-corrected chi connectivity index (χ2v) is 8.17. The largest absolute Gasteiger partial charge is 0.456 e. The summed E-state index contributed by atoms with van der Waals surface area (Å²) in [5.41, 5.74) is 1.87. The molecule has 0 atom stereocenters. The minimum atomic E-state index is -0.468. The van der Waals surface area contributed by atoms with Gasteiger partial charge in [-0.1, -0.05) is 12.1 Å². The summed E-state index contributed by atoms with van der Waals surface area (Å²) >= 11 is 0. The third kappa shape index (κ3) is 3.52. The van der Waals surface area contributed by atoms with Crippen molar-refractivity contribution in [2.24, 2.45) is 5.41 Å². The summed E-state index contributed by atoms with van der Waals surface area (Å²) in [7, 11) is 0. The Bertz CT molecular complexity index is 1050. The van der Waals surface area contributed by atoms with Gasteiger partial charge in [0.1, 0.15) is 12.9 Å². The molecule has 0 bridgehead atoms. The Morgan fingerprint density at radius 2 is 2.03 bits per heavy atom. The molecule has 10 nitrogen and oxygen atoms in total. The van der Waals surface area contributed by atoms with Gasteiger partial charge in [-0.25, -0.2) is 9.78 Å². The van der Waals surface area contributed by atoms with Crippen molar-refractivity contribution in [3.05, 3.63) is 53.8 Å². The quantitative estimate of drug-likeness (QED) is 0.655. The van der Waals surface area contributed by atoms with E-state index < -0.39 is 5.41 Å². The summed E-state index contributed by atoms with van der Waals surface area (Å²) in [6, 6.07) is 3.94. The van der Waals surface area contributed by atoms with Gasteiger partial charge in [0, 0.05) is 18.9 Å². The SMILES string of the molecule is CC1=C(N2C=CC3(CCN(CCc4ccc(-n5cnnn5)nc4)CC3)C2=O)COC1=O. The van der Waals surface area contributed by atoms with Gasteiger partial charge in [0.15, 0.2) is 5.82 Å². The van der Waals surface area contributed by atoms with Crippen molar-refractivity contribution in [3.63, 3.8) is 0 Å². The molecular weight excluding hydrogens is 398 g/mol. The number of ether oxygens (including phenoxy) is 1. The maximum absolute atomic E-state index is 13.2. The minimum absolute atomic E-state index is 0.0576. The zero-order valence-electron chi connectivity index (χ0n) is 17.3. The van der Waals surface area contributed by atoms with Crippen LogP contribution < -0.4 is 0 Å². The van der Waals surface area contributed by atoms with Gasteiger partial charge in [0.2, 0.25) is 5.91 Å². The van der Waals surface area contributed by atoms with Gasteiger partial charge in [-0.2, -0.15) is 4.68 Å². The highest BCUT2D eigenvalue weighted by atomic mass is 16.5. The topological polar surface area (TPSA) is 106 Å². The van der Waals surface area contributed by atoms with Crippen LogP contribution in [0.25, 0.3) is 5.82 Å². The Kier molecular flexibility index (Phi) is 4.85. The normalized spacial score (nSPS) is 20.9. The summed E-state index contributed by atoms with van der Waals surface area (Å²) in [6.45, 7) is 4.50. The fourth-order valence-corrected chi connectivity index (χ4v) is 4.34. The summed E-state index contributed by atoms with van der Waals surface area (Å²) < 4.78 is 6.59. The van der Waals surface area contributed by atoms with E-state index in [0.29, 0.717) is 17.1 Å². The Morgan fingerprint density at radius 3 is 2.68 bits per heavy atom. The Balaban J connectivity index is 1.15. The molecule has 0 aromatic carbocycles. The fourth-order valence-electron chi connectivity index (χ4n) is 4.34. The number of nitrogens with zero attached hydrogens (tertiary/aromatic N) is 7. The number of esters is 1. The number of tetrazole rings is 1. The molecule has 0 N–H and O–H groups in total. The molecule has 0 radical (unpaired) electrons. The van der Waals surface area contributed by atoms with Crippen LogP contribution in [0.15, 0.2) is 48.2 Å². The van der Waals surface area contributed by atoms with Crippen LogP contribution in [0.1, 0.15) is 25.3 Å². The maximum Gasteiger partial charge on any atom is 0.336 e. The number of likely N-dealkylation sites (tertiary alicyclic amines) is 1. The molecular formula is C21H23N7O3. The van der Waals surface area contributed by atoms with Crippen LogP contribution in [-0.4, -0.2) is 73.1 Å². The van der Waals surface area contributed by atoms with Crippen molar-refractivity contribution in [1.82, 2.24) is 35.0 Å². The smallest absolute Gasteiger partial charge is 0.336 e. The van der Waals surface area contributed by atoms with Gasteiger partial charge < -0.3 is 9.64 Å². The van der Waals surface area contributed by atoms with Gasteiger partial charge in [-0.15, -0.1) is 5.10 Å². The van der Waals surface area contributed by atoms with Gasteiger partial charge in [-0.3, -0.25) is 9.69 Å². The van der Waals surface area contributed by atoms with E-state index in [-0.39, 0.29) is 18.5 Å². The van der Waals surface area contributed by atoms with Crippen molar-refractivity contribution in [1.29, 1.82) is 0 Å². The number of amides is 1. The lowest BCUT2D eigenvalue weighted by Gasteiger charge is -2.37. The summed E-state index contributed by atoms with van der Waals surface area (Å²) in [6.07, 6.45) is 9.63. The first-order valence-corrected chi connectivity index (χ1v) is 10.4.